The lowest BCUT2D eigenvalue weighted by Crippen LogP contribution is -2.38. The first-order valence-corrected chi connectivity index (χ1v) is 6.97. The van der Waals surface area contributed by atoms with Crippen LogP contribution in [0.4, 0.5) is 0 Å². The number of carboxylic acids is 1. The highest BCUT2D eigenvalue weighted by atomic mass is 16.4. The van der Waals surface area contributed by atoms with E-state index in [0.717, 1.165) is 10.1 Å². The molecule has 1 heterocycles. The predicted octanol–water partition coefficient (Wildman–Crippen LogP) is 0.720. The van der Waals surface area contributed by atoms with Crippen molar-refractivity contribution in [3.63, 3.8) is 0 Å². The number of rotatable bonds is 6. The molecule has 7 heteroatoms. The van der Waals surface area contributed by atoms with E-state index in [4.69, 9.17) is 5.11 Å². The Morgan fingerprint density at radius 2 is 2.05 bits per heavy atom. The Kier molecular flexibility index (Phi) is 4.88. The Bertz CT molecular complexity index is 754. The second-order valence-electron chi connectivity index (χ2n) is 4.81. The van der Waals surface area contributed by atoms with Gasteiger partial charge in [-0.3, -0.25) is 14.4 Å². The highest BCUT2D eigenvalue weighted by Crippen LogP contribution is 2.06. The number of carbonyl (C=O) groups is 2. The number of aliphatic carboxylic acids is 1. The van der Waals surface area contributed by atoms with Gasteiger partial charge in [-0.25, -0.2) is 4.68 Å². The molecular formula is C15H17N3O4. The minimum Gasteiger partial charge on any atom is -0.481 e. The number of nitrogens with zero attached hydrogens (tertiary/aromatic N) is 3. The Hall–Kier alpha value is -2.70. The molecule has 2 aromatic rings. The molecule has 2 rings (SSSR count). The highest BCUT2D eigenvalue weighted by Gasteiger charge is 2.15. The number of carboxylic acid groups (broad SMARTS) is 1. The number of benzene rings is 1. The molecule has 0 aliphatic carbocycles. The van der Waals surface area contributed by atoms with Gasteiger partial charge in [-0.15, -0.1) is 0 Å². The van der Waals surface area contributed by atoms with Crippen molar-refractivity contribution in [3.8, 4) is 0 Å². The van der Waals surface area contributed by atoms with E-state index in [2.05, 4.69) is 5.10 Å². The average Bonchev–Trinajstić information content (AvgIpc) is 2.50. The van der Waals surface area contributed by atoms with E-state index >= 15 is 0 Å². The highest BCUT2D eigenvalue weighted by molar-refractivity contribution is 5.81. The molecule has 116 valence electrons. The summed E-state index contributed by atoms with van der Waals surface area (Å²) in [5.74, 6) is -1.29. The van der Waals surface area contributed by atoms with Crippen molar-refractivity contribution in [2.75, 3.05) is 13.1 Å². The van der Waals surface area contributed by atoms with Crippen molar-refractivity contribution in [1.29, 1.82) is 0 Å². The number of hydrogen-bond donors (Lipinski definition) is 1. The zero-order chi connectivity index (χ0) is 16.1. The third-order valence-electron chi connectivity index (χ3n) is 3.38. The fourth-order valence-electron chi connectivity index (χ4n) is 2.16. The summed E-state index contributed by atoms with van der Waals surface area (Å²) < 4.78 is 1.11. The van der Waals surface area contributed by atoms with Crippen LogP contribution >= 0.6 is 0 Å². The first-order valence-electron chi connectivity index (χ1n) is 6.97. The summed E-state index contributed by atoms with van der Waals surface area (Å²) in [6.45, 7) is 2.06. The van der Waals surface area contributed by atoms with Gasteiger partial charge >= 0.3 is 5.97 Å². The van der Waals surface area contributed by atoms with E-state index in [-0.39, 0.29) is 31.0 Å². The predicted molar refractivity (Wildman–Crippen MR) is 80.5 cm³/mol. The van der Waals surface area contributed by atoms with Crippen molar-refractivity contribution < 1.29 is 14.7 Å². The fourth-order valence-corrected chi connectivity index (χ4v) is 2.16. The zero-order valence-electron chi connectivity index (χ0n) is 12.2. The molecular weight excluding hydrogens is 286 g/mol. The summed E-state index contributed by atoms with van der Waals surface area (Å²) >= 11 is 0. The first kappa shape index (κ1) is 15.7. The molecule has 0 saturated heterocycles. The minimum absolute atomic E-state index is 0.118. The maximum absolute atomic E-state index is 12.3. The number of likely N-dealkylation sites (N-methyl/N-ethyl adjacent to an activating group) is 1. The lowest BCUT2D eigenvalue weighted by atomic mass is 10.2. The molecule has 0 bridgehead atoms. The maximum atomic E-state index is 12.3. The van der Waals surface area contributed by atoms with E-state index in [9.17, 15) is 14.4 Å². The molecule has 0 spiro atoms. The molecule has 1 aromatic carbocycles. The van der Waals surface area contributed by atoms with E-state index in [1.165, 1.54) is 11.1 Å². The molecule has 0 aliphatic rings. The van der Waals surface area contributed by atoms with Crippen molar-refractivity contribution in [2.24, 2.45) is 0 Å². The lowest BCUT2D eigenvalue weighted by Gasteiger charge is -2.20. The monoisotopic (exact) mass is 303 g/mol. The number of hydrogen-bond acceptors (Lipinski definition) is 4. The minimum atomic E-state index is -0.966. The van der Waals surface area contributed by atoms with Crippen molar-refractivity contribution in [3.05, 3.63) is 40.8 Å². The van der Waals surface area contributed by atoms with E-state index in [1.54, 1.807) is 25.1 Å². The third kappa shape index (κ3) is 3.49. The zero-order valence-corrected chi connectivity index (χ0v) is 12.2. The largest absolute Gasteiger partial charge is 0.481 e. The van der Waals surface area contributed by atoms with Crippen LogP contribution in [0.2, 0.25) is 0 Å². The molecule has 22 heavy (non-hydrogen) atoms. The number of carbonyl (C=O) groups excluding carboxylic acids is 1. The van der Waals surface area contributed by atoms with Crippen LogP contribution in [-0.2, 0) is 16.1 Å². The van der Waals surface area contributed by atoms with Gasteiger partial charge in [0, 0.05) is 18.5 Å². The summed E-state index contributed by atoms with van der Waals surface area (Å²) in [6.07, 6.45) is 1.41. The van der Waals surface area contributed by atoms with Crippen molar-refractivity contribution in [1.82, 2.24) is 14.7 Å². The van der Waals surface area contributed by atoms with Gasteiger partial charge < -0.3 is 10.0 Å². The fraction of sp³-hybridized carbons (Fsp3) is 0.333. The second kappa shape index (κ2) is 6.84. The quantitative estimate of drug-likeness (QED) is 0.849. The standard InChI is InChI=1S/C15H17N3O4/c1-2-17(8-7-14(20)21)13(19)10-18-15(22)12-6-4-3-5-11(12)9-16-18/h3-6,9H,2,7-8,10H2,1H3,(H,20,21). The summed E-state index contributed by atoms with van der Waals surface area (Å²) in [5, 5.41) is 13.9. The first-order chi connectivity index (χ1) is 10.5. The summed E-state index contributed by atoms with van der Waals surface area (Å²) in [6, 6.07) is 7.02. The van der Waals surface area contributed by atoms with Gasteiger partial charge in [0.2, 0.25) is 5.91 Å². The average molecular weight is 303 g/mol. The van der Waals surface area contributed by atoms with Gasteiger partial charge in [0.1, 0.15) is 6.54 Å². The molecule has 0 aliphatic heterocycles. The van der Waals surface area contributed by atoms with Crippen LogP contribution in [0.25, 0.3) is 10.8 Å². The van der Waals surface area contributed by atoms with Crippen LogP contribution in [0, 0.1) is 0 Å². The van der Waals surface area contributed by atoms with Crippen molar-refractivity contribution in [2.45, 2.75) is 19.9 Å². The molecule has 7 nitrogen and oxygen atoms in total. The van der Waals surface area contributed by atoms with Gasteiger partial charge in [0.15, 0.2) is 0 Å². The van der Waals surface area contributed by atoms with Crippen LogP contribution in [0.5, 0.6) is 0 Å². The summed E-state index contributed by atoms with van der Waals surface area (Å²) in [4.78, 5) is 36.5. The van der Waals surface area contributed by atoms with Gasteiger partial charge in [0.05, 0.1) is 18.0 Å². The van der Waals surface area contributed by atoms with Crippen molar-refractivity contribution >= 4 is 22.6 Å². The second-order valence-corrected chi connectivity index (χ2v) is 4.81. The van der Waals surface area contributed by atoms with Gasteiger partial charge in [-0.2, -0.15) is 5.10 Å². The molecule has 0 unspecified atom stereocenters. The number of aromatic nitrogens is 2. The van der Waals surface area contributed by atoms with Gasteiger partial charge in [-0.1, -0.05) is 18.2 Å². The third-order valence-corrected chi connectivity index (χ3v) is 3.38. The molecule has 0 atom stereocenters. The Morgan fingerprint density at radius 1 is 1.32 bits per heavy atom. The van der Waals surface area contributed by atoms with Crippen LogP contribution in [0.3, 0.4) is 0 Å². The van der Waals surface area contributed by atoms with Crippen LogP contribution in [-0.4, -0.2) is 44.8 Å². The molecule has 0 fully saturated rings. The van der Waals surface area contributed by atoms with E-state index < -0.39 is 5.97 Å². The Labute approximate surface area is 126 Å². The van der Waals surface area contributed by atoms with Crippen LogP contribution in [0.15, 0.2) is 35.3 Å². The topological polar surface area (TPSA) is 92.5 Å². The van der Waals surface area contributed by atoms with Crippen LogP contribution < -0.4 is 5.56 Å². The molecule has 1 aromatic heterocycles. The van der Waals surface area contributed by atoms with Gasteiger partial charge in [0.25, 0.3) is 5.56 Å². The Balaban J connectivity index is 2.19. The van der Waals surface area contributed by atoms with E-state index in [0.29, 0.717) is 11.9 Å². The van der Waals surface area contributed by atoms with Gasteiger partial charge in [-0.05, 0) is 13.0 Å². The van der Waals surface area contributed by atoms with E-state index in [1.807, 2.05) is 6.07 Å². The molecule has 1 amide bonds. The molecule has 1 N–H and O–H groups in total. The summed E-state index contributed by atoms with van der Waals surface area (Å²) in [5.41, 5.74) is -0.333. The van der Waals surface area contributed by atoms with Crippen LogP contribution in [0.1, 0.15) is 13.3 Å². The summed E-state index contributed by atoms with van der Waals surface area (Å²) in [7, 11) is 0. The lowest BCUT2D eigenvalue weighted by molar-refractivity contribution is -0.138. The molecule has 0 radical (unpaired) electrons. The maximum Gasteiger partial charge on any atom is 0.305 e. The SMILES string of the molecule is CCN(CCC(=O)O)C(=O)Cn1ncc2ccccc2c1=O. The molecule has 0 saturated carbocycles. The smallest absolute Gasteiger partial charge is 0.305 e. The normalized spacial score (nSPS) is 10.6. The Morgan fingerprint density at radius 3 is 2.73 bits per heavy atom. The number of amides is 1. The number of fused-ring (bicyclic) bond motifs is 1.